The van der Waals surface area contributed by atoms with Crippen molar-refractivity contribution in [3.63, 3.8) is 0 Å². The van der Waals surface area contributed by atoms with Gasteiger partial charge in [0.2, 0.25) is 0 Å². The lowest BCUT2D eigenvalue weighted by molar-refractivity contribution is 0.0694. The first-order valence-corrected chi connectivity index (χ1v) is 6.61. The number of amides is 1. The van der Waals surface area contributed by atoms with Gasteiger partial charge in [-0.3, -0.25) is 4.79 Å². The molecule has 2 N–H and O–H groups in total. The fourth-order valence-electron chi connectivity index (χ4n) is 1.72. The van der Waals surface area contributed by atoms with Gasteiger partial charge < -0.3 is 10.6 Å². The largest absolute Gasteiger partial charge is 0.393 e. The second kappa shape index (κ2) is 7.11. The molecule has 1 aromatic rings. The van der Waals surface area contributed by atoms with E-state index in [-0.39, 0.29) is 11.9 Å². The number of nitrogens with zero attached hydrogens (tertiary/aromatic N) is 1. The summed E-state index contributed by atoms with van der Waals surface area (Å²) in [6, 6.07) is 9.49. The Labute approximate surface area is 114 Å². The van der Waals surface area contributed by atoms with E-state index in [1.54, 1.807) is 0 Å². The van der Waals surface area contributed by atoms with E-state index in [0.717, 1.165) is 6.42 Å². The zero-order valence-electron chi connectivity index (χ0n) is 10.9. The van der Waals surface area contributed by atoms with Crippen LogP contribution in [0.4, 0.5) is 0 Å². The highest BCUT2D eigenvalue weighted by Gasteiger charge is 2.19. The number of carbonyl (C=O) groups is 1. The molecule has 1 atom stereocenters. The molecule has 0 bridgehead atoms. The molecule has 1 rings (SSSR count). The number of thiocarbonyl (C=S) groups is 1. The molecule has 0 saturated heterocycles. The molecule has 98 valence electrons. The van der Waals surface area contributed by atoms with E-state index < -0.39 is 0 Å². The van der Waals surface area contributed by atoms with Gasteiger partial charge in [0.05, 0.1) is 4.99 Å². The summed E-state index contributed by atoms with van der Waals surface area (Å²) in [5.41, 5.74) is 6.22. The SMILES string of the molecule is CCC(C)N(CCC(N)=S)C(=O)c1ccccc1. The molecule has 1 aromatic carbocycles. The Morgan fingerprint density at radius 1 is 1.39 bits per heavy atom. The average Bonchev–Trinajstić information content (AvgIpc) is 2.39. The highest BCUT2D eigenvalue weighted by Crippen LogP contribution is 2.11. The summed E-state index contributed by atoms with van der Waals surface area (Å²) in [5, 5.41) is 0. The number of carbonyl (C=O) groups excluding carboxylic acids is 1. The van der Waals surface area contributed by atoms with E-state index >= 15 is 0 Å². The summed E-state index contributed by atoms with van der Waals surface area (Å²) >= 11 is 4.88. The molecule has 3 nitrogen and oxygen atoms in total. The quantitative estimate of drug-likeness (QED) is 0.803. The van der Waals surface area contributed by atoms with Crippen molar-refractivity contribution in [2.45, 2.75) is 32.7 Å². The van der Waals surface area contributed by atoms with E-state index in [1.807, 2.05) is 42.2 Å². The summed E-state index contributed by atoms with van der Waals surface area (Å²) in [6.45, 7) is 4.69. The Balaban J connectivity index is 2.82. The van der Waals surface area contributed by atoms with Crippen LogP contribution in [0.5, 0.6) is 0 Å². The summed E-state index contributed by atoms with van der Waals surface area (Å²) < 4.78 is 0. The third kappa shape index (κ3) is 4.11. The van der Waals surface area contributed by atoms with E-state index in [4.69, 9.17) is 18.0 Å². The number of rotatable bonds is 6. The highest BCUT2D eigenvalue weighted by atomic mass is 32.1. The standard InChI is InChI=1S/C14H20N2OS/c1-3-11(2)16(10-9-13(15)18)14(17)12-7-5-4-6-8-12/h4-8,11H,3,9-10H2,1-2H3,(H2,15,18). The second-order valence-corrected chi connectivity index (χ2v) is 4.86. The molecule has 0 fully saturated rings. The maximum absolute atomic E-state index is 12.4. The van der Waals surface area contributed by atoms with Gasteiger partial charge in [0, 0.05) is 24.6 Å². The third-order valence-corrected chi connectivity index (χ3v) is 3.21. The molecule has 0 spiro atoms. The molecule has 4 heteroatoms. The summed E-state index contributed by atoms with van der Waals surface area (Å²) in [5.74, 6) is 0.0428. The number of hydrogen-bond donors (Lipinski definition) is 1. The lowest BCUT2D eigenvalue weighted by Gasteiger charge is -2.28. The van der Waals surface area contributed by atoms with Crippen LogP contribution in [0.25, 0.3) is 0 Å². The number of benzene rings is 1. The smallest absolute Gasteiger partial charge is 0.254 e. The Morgan fingerprint density at radius 2 is 2.00 bits per heavy atom. The summed E-state index contributed by atoms with van der Waals surface area (Å²) in [7, 11) is 0. The van der Waals surface area contributed by atoms with Gasteiger partial charge >= 0.3 is 0 Å². The Bertz CT molecular complexity index is 406. The normalized spacial score (nSPS) is 11.9. The van der Waals surface area contributed by atoms with E-state index in [2.05, 4.69) is 6.92 Å². The molecule has 0 aliphatic rings. The molecule has 0 saturated carbocycles. The molecule has 0 heterocycles. The average molecular weight is 264 g/mol. The monoisotopic (exact) mass is 264 g/mol. The van der Waals surface area contributed by atoms with Gasteiger partial charge in [-0.25, -0.2) is 0 Å². The van der Waals surface area contributed by atoms with Crippen molar-refractivity contribution in [2.75, 3.05) is 6.54 Å². The van der Waals surface area contributed by atoms with E-state index in [9.17, 15) is 4.79 Å². The van der Waals surface area contributed by atoms with Gasteiger partial charge in [-0.05, 0) is 25.5 Å². The number of nitrogens with two attached hydrogens (primary N) is 1. The first-order valence-electron chi connectivity index (χ1n) is 6.20. The molecule has 1 unspecified atom stereocenters. The van der Waals surface area contributed by atoms with Gasteiger partial charge in [0.1, 0.15) is 0 Å². The maximum Gasteiger partial charge on any atom is 0.254 e. The van der Waals surface area contributed by atoms with Gasteiger partial charge in [-0.1, -0.05) is 37.3 Å². The topological polar surface area (TPSA) is 46.3 Å². The lowest BCUT2D eigenvalue weighted by Crippen LogP contribution is -2.40. The summed E-state index contributed by atoms with van der Waals surface area (Å²) in [6.07, 6.45) is 1.48. The highest BCUT2D eigenvalue weighted by molar-refractivity contribution is 7.80. The van der Waals surface area contributed by atoms with Gasteiger partial charge in [-0.15, -0.1) is 0 Å². The van der Waals surface area contributed by atoms with E-state index in [1.165, 1.54) is 0 Å². The fraction of sp³-hybridized carbons (Fsp3) is 0.429. The van der Waals surface area contributed by atoms with Crippen LogP contribution in [0.2, 0.25) is 0 Å². The molecule has 0 aliphatic carbocycles. The van der Waals surface area contributed by atoms with Crippen LogP contribution in [0.1, 0.15) is 37.0 Å². The molecular weight excluding hydrogens is 244 g/mol. The molecule has 0 radical (unpaired) electrons. The van der Waals surface area contributed by atoms with Crippen molar-refractivity contribution >= 4 is 23.1 Å². The van der Waals surface area contributed by atoms with Crippen molar-refractivity contribution in [1.82, 2.24) is 4.90 Å². The Kier molecular flexibility index (Phi) is 5.78. The first kappa shape index (κ1) is 14.6. The van der Waals surface area contributed by atoms with Crippen molar-refractivity contribution in [3.8, 4) is 0 Å². The zero-order chi connectivity index (χ0) is 13.5. The van der Waals surface area contributed by atoms with Crippen LogP contribution in [0.15, 0.2) is 30.3 Å². The minimum atomic E-state index is 0.0428. The predicted molar refractivity (Wildman–Crippen MR) is 78.6 cm³/mol. The van der Waals surface area contributed by atoms with Crippen LogP contribution < -0.4 is 5.73 Å². The van der Waals surface area contributed by atoms with Crippen LogP contribution in [-0.4, -0.2) is 28.4 Å². The van der Waals surface area contributed by atoms with Crippen LogP contribution in [0, 0.1) is 0 Å². The Hall–Kier alpha value is -1.42. The van der Waals surface area contributed by atoms with Crippen molar-refractivity contribution in [2.24, 2.45) is 5.73 Å². The van der Waals surface area contributed by atoms with Crippen LogP contribution >= 0.6 is 12.2 Å². The predicted octanol–water partition coefficient (Wildman–Crippen LogP) is 2.60. The van der Waals surface area contributed by atoms with E-state index in [0.29, 0.717) is 23.5 Å². The van der Waals surface area contributed by atoms with Crippen molar-refractivity contribution < 1.29 is 4.79 Å². The zero-order valence-corrected chi connectivity index (χ0v) is 11.7. The molecule has 18 heavy (non-hydrogen) atoms. The second-order valence-electron chi connectivity index (χ2n) is 4.34. The van der Waals surface area contributed by atoms with Crippen LogP contribution in [-0.2, 0) is 0 Å². The molecule has 0 aliphatic heterocycles. The van der Waals surface area contributed by atoms with Gasteiger partial charge in [-0.2, -0.15) is 0 Å². The third-order valence-electron chi connectivity index (χ3n) is 3.00. The number of hydrogen-bond acceptors (Lipinski definition) is 2. The molecule has 0 aromatic heterocycles. The molecule has 1 amide bonds. The Morgan fingerprint density at radius 3 is 2.50 bits per heavy atom. The van der Waals surface area contributed by atoms with Crippen LogP contribution in [0.3, 0.4) is 0 Å². The van der Waals surface area contributed by atoms with Crippen molar-refractivity contribution in [3.05, 3.63) is 35.9 Å². The molecular formula is C14H20N2OS. The van der Waals surface area contributed by atoms with Gasteiger partial charge in [0.15, 0.2) is 0 Å². The minimum Gasteiger partial charge on any atom is -0.393 e. The van der Waals surface area contributed by atoms with Crippen molar-refractivity contribution in [1.29, 1.82) is 0 Å². The first-order chi connectivity index (χ1) is 8.56. The minimum absolute atomic E-state index is 0.0428. The maximum atomic E-state index is 12.4. The summed E-state index contributed by atoms with van der Waals surface area (Å²) in [4.78, 5) is 14.7. The van der Waals surface area contributed by atoms with Gasteiger partial charge in [0.25, 0.3) is 5.91 Å². The fourth-order valence-corrected chi connectivity index (χ4v) is 1.81. The lowest BCUT2D eigenvalue weighted by atomic mass is 10.1.